The van der Waals surface area contributed by atoms with E-state index in [9.17, 15) is 9.59 Å². The average molecular weight is 275 g/mol. The van der Waals surface area contributed by atoms with Crippen molar-refractivity contribution in [1.82, 2.24) is 5.43 Å². The molecule has 2 rings (SSSR count). The van der Waals surface area contributed by atoms with Gasteiger partial charge < -0.3 is 10.1 Å². The van der Waals surface area contributed by atoms with Crippen LogP contribution in [0.25, 0.3) is 0 Å². The molecule has 6 heteroatoms. The molecular weight excluding hydrogens is 258 g/mol. The van der Waals surface area contributed by atoms with Gasteiger partial charge in [-0.2, -0.15) is 5.10 Å². The Labute approximate surface area is 117 Å². The zero-order chi connectivity index (χ0) is 14.5. The van der Waals surface area contributed by atoms with Crippen molar-refractivity contribution in [1.29, 1.82) is 0 Å². The maximum Gasteiger partial charge on any atom is 0.271 e. The molecule has 0 saturated heterocycles. The monoisotopic (exact) mass is 275 g/mol. The van der Waals surface area contributed by atoms with Gasteiger partial charge in [0.05, 0.1) is 12.3 Å². The van der Waals surface area contributed by atoms with Gasteiger partial charge in [0.15, 0.2) is 0 Å². The van der Waals surface area contributed by atoms with E-state index >= 15 is 0 Å². The predicted molar refractivity (Wildman–Crippen MR) is 75.8 cm³/mol. The van der Waals surface area contributed by atoms with Gasteiger partial charge in [-0.15, -0.1) is 0 Å². The van der Waals surface area contributed by atoms with Crippen molar-refractivity contribution in [2.45, 2.75) is 26.7 Å². The smallest absolute Gasteiger partial charge is 0.271 e. The largest absolute Gasteiger partial charge is 0.492 e. The van der Waals surface area contributed by atoms with Gasteiger partial charge in [0.1, 0.15) is 11.5 Å². The number of rotatable bonds is 4. The molecule has 106 valence electrons. The summed E-state index contributed by atoms with van der Waals surface area (Å²) in [6.07, 6.45) is 0.617. The van der Waals surface area contributed by atoms with Crippen LogP contribution in [-0.4, -0.2) is 24.1 Å². The minimum atomic E-state index is -0.324. The molecule has 0 saturated carbocycles. The number of carbonyl (C=O) groups is 2. The van der Waals surface area contributed by atoms with E-state index in [2.05, 4.69) is 15.8 Å². The maximum atomic E-state index is 12.1. The fraction of sp³-hybridized carbons (Fsp3) is 0.357. The van der Waals surface area contributed by atoms with Crippen LogP contribution >= 0.6 is 0 Å². The van der Waals surface area contributed by atoms with Crippen LogP contribution in [0.15, 0.2) is 23.3 Å². The van der Waals surface area contributed by atoms with E-state index in [0.717, 1.165) is 5.56 Å². The van der Waals surface area contributed by atoms with Crippen molar-refractivity contribution in [3.8, 4) is 5.75 Å². The number of hydrogen-bond donors (Lipinski definition) is 2. The normalized spacial score (nSPS) is 14.3. The van der Waals surface area contributed by atoms with Crippen molar-refractivity contribution in [2.24, 2.45) is 5.10 Å². The summed E-state index contributed by atoms with van der Waals surface area (Å²) in [5.41, 5.74) is 4.27. The molecule has 1 aromatic rings. The molecule has 0 aromatic heterocycles. The number of nitrogens with zero attached hydrogens (tertiary/aromatic N) is 1. The van der Waals surface area contributed by atoms with Gasteiger partial charge in [-0.1, -0.05) is 6.07 Å². The number of hydrogen-bond acceptors (Lipinski definition) is 4. The standard InChI is InChI=1S/C14H17N3O3/c1-3-20-12-8-9(2)4-5-10(12)15-14(19)11-6-7-13(18)17-16-11/h4-5,8H,3,6-7H2,1-2H3,(H,15,19)(H,17,18). The highest BCUT2D eigenvalue weighted by Crippen LogP contribution is 2.25. The van der Waals surface area contributed by atoms with Crippen LogP contribution in [0.4, 0.5) is 5.69 Å². The van der Waals surface area contributed by atoms with Crippen molar-refractivity contribution in [3.05, 3.63) is 23.8 Å². The second kappa shape index (κ2) is 6.18. The zero-order valence-corrected chi connectivity index (χ0v) is 11.5. The lowest BCUT2D eigenvalue weighted by molar-refractivity contribution is -0.121. The molecule has 0 unspecified atom stereocenters. The van der Waals surface area contributed by atoms with Gasteiger partial charge in [0.2, 0.25) is 5.91 Å². The van der Waals surface area contributed by atoms with Gasteiger partial charge in [0, 0.05) is 12.8 Å². The third-order valence-corrected chi connectivity index (χ3v) is 2.85. The van der Waals surface area contributed by atoms with Gasteiger partial charge in [-0.3, -0.25) is 9.59 Å². The first kappa shape index (κ1) is 14.0. The van der Waals surface area contributed by atoms with Gasteiger partial charge >= 0.3 is 0 Å². The predicted octanol–water partition coefficient (Wildman–Crippen LogP) is 1.60. The third kappa shape index (κ3) is 3.34. The Kier molecular flexibility index (Phi) is 4.34. The summed E-state index contributed by atoms with van der Waals surface area (Å²) in [5, 5.41) is 6.53. The van der Waals surface area contributed by atoms with Crippen molar-refractivity contribution < 1.29 is 14.3 Å². The number of carbonyl (C=O) groups excluding carboxylic acids is 2. The van der Waals surface area contributed by atoms with Crippen molar-refractivity contribution in [3.63, 3.8) is 0 Å². The number of ether oxygens (including phenoxy) is 1. The summed E-state index contributed by atoms with van der Waals surface area (Å²) in [5.74, 6) is 0.128. The molecule has 0 fully saturated rings. The first-order valence-corrected chi connectivity index (χ1v) is 6.50. The van der Waals surface area contributed by atoms with E-state index in [4.69, 9.17) is 4.74 Å². The van der Waals surface area contributed by atoms with Crippen LogP contribution in [0.2, 0.25) is 0 Å². The molecule has 0 radical (unpaired) electrons. The molecule has 2 amide bonds. The van der Waals surface area contributed by atoms with Crippen LogP contribution in [0, 0.1) is 6.92 Å². The van der Waals surface area contributed by atoms with E-state index in [-0.39, 0.29) is 18.2 Å². The molecule has 1 aliphatic heterocycles. The molecule has 1 aromatic carbocycles. The van der Waals surface area contributed by atoms with Crippen LogP contribution in [0.5, 0.6) is 5.75 Å². The third-order valence-electron chi connectivity index (χ3n) is 2.85. The molecule has 0 spiro atoms. The first-order chi connectivity index (χ1) is 9.60. The van der Waals surface area contributed by atoms with E-state index in [0.29, 0.717) is 30.2 Å². The quantitative estimate of drug-likeness (QED) is 0.875. The molecule has 6 nitrogen and oxygen atoms in total. The van der Waals surface area contributed by atoms with Gasteiger partial charge in [-0.05, 0) is 31.5 Å². The number of aryl methyl sites for hydroxylation is 1. The van der Waals surface area contributed by atoms with E-state index < -0.39 is 0 Å². The van der Waals surface area contributed by atoms with Gasteiger partial charge in [-0.25, -0.2) is 5.43 Å². The van der Waals surface area contributed by atoms with Crippen LogP contribution in [0.3, 0.4) is 0 Å². The van der Waals surface area contributed by atoms with Gasteiger partial charge in [0.25, 0.3) is 5.91 Å². The number of anilines is 1. The van der Waals surface area contributed by atoms with E-state index in [1.165, 1.54) is 0 Å². The highest BCUT2D eigenvalue weighted by molar-refractivity contribution is 6.43. The van der Waals surface area contributed by atoms with E-state index in [1.54, 1.807) is 6.07 Å². The minimum Gasteiger partial charge on any atom is -0.492 e. The lowest BCUT2D eigenvalue weighted by Crippen LogP contribution is -2.32. The SMILES string of the molecule is CCOc1cc(C)ccc1NC(=O)C1=NNC(=O)CC1. The number of benzene rings is 1. The molecular formula is C14H17N3O3. The topological polar surface area (TPSA) is 79.8 Å². The highest BCUT2D eigenvalue weighted by atomic mass is 16.5. The minimum absolute atomic E-state index is 0.174. The Morgan fingerprint density at radius 2 is 2.25 bits per heavy atom. The maximum absolute atomic E-state index is 12.1. The molecule has 2 N–H and O–H groups in total. The average Bonchev–Trinajstić information content (AvgIpc) is 2.43. The van der Waals surface area contributed by atoms with Crippen molar-refractivity contribution >= 4 is 23.2 Å². The van der Waals surface area contributed by atoms with E-state index in [1.807, 2.05) is 26.0 Å². The molecule has 1 aliphatic rings. The second-order valence-corrected chi connectivity index (χ2v) is 4.48. The molecule has 0 atom stereocenters. The van der Waals surface area contributed by atoms with Crippen LogP contribution in [-0.2, 0) is 9.59 Å². The second-order valence-electron chi connectivity index (χ2n) is 4.48. The molecule has 1 heterocycles. The fourth-order valence-electron chi connectivity index (χ4n) is 1.84. The Hall–Kier alpha value is -2.37. The zero-order valence-electron chi connectivity index (χ0n) is 11.5. The Balaban J connectivity index is 2.13. The molecule has 0 bridgehead atoms. The van der Waals surface area contributed by atoms with Crippen LogP contribution in [0.1, 0.15) is 25.3 Å². The Morgan fingerprint density at radius 3 is 2.90 bits per heavy atom. The lowest BCUT2D eigenvalue weighted by Gasteiger charge is -2.14. The van der Waals surface area contributed by atoms with Crippen molar-refractivity contribution in [2.75, 3.05) is 11.9 Å². The molecule has 20 heavy (non-hydrogen) atoms. The Bertz CT molecular complexity index is 567. The number of hydrazone groups is 1. The summed E-state index contributed by atoms with van der Waals surface area (Å²) in [6.45, 7) is 4.35. The molecule has 0 aliphatic carbocycles. The highest BCUT2D eigenvalue weighted by Gasteiger charge is 2.19. The summed E-state index contributed by atoms with van der Waals surface area (Å²) in [6, 6.07) is 5.55. The fourth-order valence-corrected chi connectivity index (χ4v) is 1.84. The summed E-state index contributed by atoms with van der Waals surface area (Å²) in [7, 11) is 0. The van der Waals surface area contributed by atoms with Crippen LogP contribution < -0.4 is 15.5 Å². The Morgan fingerprint density at radius 1 is 1.45 bits per heavy atom. The number of nitrogens with one attached hydrogen (secondary N) is 2. The lowest BCUT2D eigenvalue weighted by atomic mass is 10.1. The summed E-state index contributed by atoms with van der Waals surface area (Å²) in [4.78, 5) is 23.1. The summed E-state index contributed by atoms with van der Waals surface area (Å²) >= 11 is 0. The summed E-state index contributed by atoms with van der Waals surface area (Å²) < 4.78 is 5.50. The first-order valence-electron chi connectivity index (χ1n) is 6.50. The number of amides is 2.